The maximum absolute atomic E-state index is 5.88. The molecule has 0 aromatic heterocycles. The molecule has 2 nitrogen and oxygen atoms in total. The van der Waals surface area contributed by atoms with Crippen molar-refractivity contribution in [3.63, 3.8) is 0 Å². The molecule has 0 aromatic rings. The van der Waals surface area contributed by atoms with Gasteiger partial charge in [0.2, 0.25) is 0 Å². The van der Waals surface area contributed by atoms with E-state index < -0.39 is 0 Å². The van der Waals surface area contributed by atoms with Crippen LogP contribution in [0.15, 0.2) is 0 Å². The number of nitrogens with one attached hydrogen (secondary N) is 1. The van der Waals surface area contributed by atoms with Gasteiger partial charge in [-0.15, -0.1) is 0 Å². The van der Waals surface area contributed by atoms with Gasteiger partial charge in [-0.2, -0.15) is 0 Å². The zero-order valence-electron chi connectivity index (χ0n) is 11.5. The van der Waals surface area contributed by atoms with E-state index in [1.54, 1.807) is 0 Å². The van der Waals surface area contributed by atoms with Gasteiger partial charge in [-0.05, 0) is 49.1 Å². The van der Waals surface area contributed by atoms with Crippen molar-refractivity contribution in [2.75, 3.05) is 20.2 Å². The van der Waals surface area contributed by atoms with Gasteiger partial charge in [0.05, 0.1) is 5.60 Å². The molecular weight excluding hydrogens is 198 g/mol. The molecule has 2 heteroatoms. The fourth-order valence-electron chi connectivity index (χ4n) is 3.59. The fraction of sp³-hybridized carbons (Fsp3) is 1.00. The minimum absolute atomic E-state index is 0.154. The van der Waals surface area contributed by atoms with E-state index in [9.17, 15) is 0 Å². The third-order valence-electron chi connectivity index (χ3n) is 5.84. The normalized spacial score (nSPS) is 31.3. The van der Waals surface area contributed by atoms with Crippen molar-refractivity contribution in [3.8, 4) is 0 Å². The van der Waals surface area contributed by atoms with Crippen LogP contribution in [0.3, 0.4) is 0 Å². The Kier molecular flexibility index (Phi) is 2.87. The number of piperidine rings is 1. The molecule has 0 amide bonds. The summed E-state index contributed by atoms with van der Waals surface area (Å²) in [5.74, 6) is 0.818. The Morgan fingerprint density at radius 2 is 1.56 bits per heavy atom. The molecule has 2 aliphatic rings. The van der Waals surface area contributed by atoms with Crippen LogP contribution in [0.5, 0.6) is 0 Å². The summed E-state index contributed by atoms with van der Waals surface area (Å²) in [6, 6.07) is 0. The molecule has 1 saturated heterocycles. The average Bonchev–Trinajstić information content (AvgIpc) is 2.62. The zero-order chi connectivity index (χ0) is 12.0. The molecule has 16 heavy (non-hydrogen) atoms. The molecule has 1 N–H and O–H groups in total. The largest absolute Gasteiger partial charge is 0.378 e. The van der Waals surface area contributed by atoms with Crippen LogP contribution in [0, 0.1) is 16.7 Å². The van der Waals surface area contributed by atoms with Crippen molar-refractivity contribution >= 4 is 0 Å². The van der Waals surface area contributed by atoms with Gasteiger partial charge in [0.15, 0.2) is 0 Å². The lowest BCUT2D eigenvalue weighted by atomic mass is 9.84. The number of ether oxygens (including phenoxy) is 1. The number of hydrogen-bond acceptors (Lipinski definition) is 2. The monoisotopic (exact) mass is 225 g/mol. The summed E-state index contributed by atoms with van der Waals surface area (Å²) in [7, 11) is 1.90. The molecule has 0 bridgehead atoms. The molecule has 1 aliphatic carbocycles. The van der Waals surface area contributed by atoms with Crippen molar-refractivity contribution in [2.45, 2.75) is 52.6 Å². The average molecular weight is 225 g/mol. The summed E-state index contributed by atoms with van der Waals surface area (Å²) in [5, 5.41) is 3.43. The van der Waals surface area contributed by atoms with Crippen molar-refractivity contribution in [1.82, 2.24) is 5.32 Å². The van der Waals surface area contributed by atoms with Gasteiger partial charge in [0.1, 0.15) is 0 Å². The smallest absolute Gasteiger partial charge is 0.0706 e. The van der Waals surface area contributed by atoms with E-state index in [1.807, 2.05) is 7.11 Å². The lowest BCUT2D eigenvalue weighted by Crippen LogP contribution is -2.44. The third-order valence-corrected chi connectivity index (χ3v) is 5.84. The van der Waals surface area contributed by atoms with Gasteiger partial charge in [-0.3, -0.25) is 0 Å². The Morgan fingerprint density at radius 1 is 1.06 bits per heavy atom. The van der Waals surface area contributed by atoms with E-state index in [1.165, 1.54) is 19.3 Å². The molecule has 0 radical (unpaired) electrons. The van der Waals surface area contributed by atoms with Crippen LogP contribution in [0.4, 0.5) is 0 Å². The first-order valence-electron chi connectivity index (χ1n) is 6.62. The highest BCUT2D eigenvalue weighted by Crippen LogP contribution is 2.71. The van der Waals surface area contributed by atoms with Crippen LogP contribution < -0.4 is 5.32 Å². The first-order chi connectivity index (χ1) is 7.36. The summed E-state index contributed by atoms with van der Waals surface area (Å²) < 4.78 is 5.88. The van der Waals surface area contributed by atoms with Crippen LogP contribution in [0.25, 0.3) is 0 Å². The first-order valence-corrected chi connectivity index (χ1v) is 6.62. The Balaban J connectivity index is 2.03. The lowest BCUT2D eigenvalue weighted by molar-refractivity contribution is -0.0477. The fourth-order valence-corrected chi connectivity index (χ4v) is 3.59. The molecule has 0 aromatic carbocycles. The van der Waals surface area contributed by atoms with Gasteiger partial charge in [-0.25, -0.2) is 0 Å². The van der Waals surface area contributed by atoms with Crippen molar-refractivity contribution in [3.05, 3.63) is 0 Å². The Morgan fingerprint density at radius 3 is 1.94 bits per heavy atom. The second-order valence-electron chi connectivity index (χ2n) is 6.84. The molecular formula is C14H27NO. The van der Waals surface area contributed by atoms with Crippen LogP contribution in [0.1, 0.15) is 47.0 Å². The third kappa shape index (κ3) is 1.70. The molecule has 2 fully saturated rings. The Labute approximate surface area is 100 Å². The zero-order valence-corrected chi connectivity index (χ0v) is 11.5. The maximum atomic E-state index is 5.88. The summed E-state index contributed by atoms with van der Waals surface area (Å²) in [5.41, 5.74) is 1.13. The molecule has 94 valence electrons. The molecule has 1 heterocycles. The van der Waals surface area contributed by atoms with Crippen molar-refractivity contribution < 1.29 is 4.74 Å². The molecule has 1 aliphatic heterocycles. The SMILES string of the molecule is COC1(CC2C(C)(C)C2(C)C)CCNCC1. The minimum Gasteiger partial charge on any atom is -0.378 e. The highest BCUT2D eigenvalue weighted by Gasteiger charge is 2.65. The van der Waals surface area contributed by atoms with E-state index in [0.717, 1.165) is 19.0 Å². The highest BCUT2D eigenvalue weighted by molar-refractivity contribution is 5.14. The number of hydrogen-bond donors (Lipinski definition) is 1. The standard InChI is InChI=1S/C14H27NO/c1-12(2)11(13(12,3)4)10-14(16-5)6-8-15-9-7-14/h11,15H,6-10H2,1-5H3. The minimum atomic E-state index is 0.154. The van der Waals surface area contributed by atoms with Crippen LogP contribution in [-0.2, 0) is 4.74 Å². The molecule has 0 atom stereocenters. The van der Waals surface area contributed by atoms with Gasteiger partial charge >= 0.3 is 0 Å². The van der Waals surface area contributed by atoms with Crippen molar-refractivity contribution in [2.24, 2.45) is 16.7 Å². The molecule has 1 saturated carbocycles. The summed E-state index contributed by atoms with van der Waals surface area (Å²) in [6.45, 7) is 11.8. The highest BCUT2D eigenvalue weighted by atomic mass is 16.5. The Bertz CT molecular complexity index is 250. The van der Waals surface area contributed by atoms with E-state index in [0.29, 0.717) is 10.8 Å². The summed E-state index contributed by atoms with van der Waals surface area (Å²) >= 11 is 0. The summed E-state index contributed by atoms with van der Waals surface area (Å²) in [6.07, 6.45) is 3.59. The number of rotatable bonds is 3. The molecule has 0 unspecified atom stereocenters. The second-order valence-corrected chi connectivity index (χ2v) is 6.84. The van der Waals surface area contributed by atoms with E-state index in [4.69, 9.17) is 4.74 Å². The first kappa shape index (κ1) is 12.4. The van der Waals surface area contributed by atoms with E-state index >= 15 is 0 Å². The quantitative estimate of drug-likeness (QED) is 0.797. The van der Waals surface area contributed by atoms with Gasteiger partial charge < -0.3 is 10.1 Å². The topological polar surface area (TPSA) is 21.3 Å². The van der Waals surface area contributed by atoms with E-state index in [-0.39, 0.29) is 5.60 Å². The Hall–Kier alpha value is -0.0800. The van der Waals surface area contributed by atoms with Crippen LogP contribution in [0.2, 0.25) is 0 Å². The predicted octanol–water partition coefficient (Wildman–Crippen LogP) is 2.83. The molecule has 0 spiro atoms. The van der Waals surface area contributed by atoms with Gasteiger partial charge in [-0.1, -0.05) is 27.7 Å². The second kappa shape index (κ2) is 3.71. The van der Waals surface area contributed by atoms with E-state index in [2.05, 4.69) is 33.0 Å². The molecule has 2 rings (SSSR count). The van der Waals surface area contributed by atoms with Gasteiger partial charge in [0, 0.05) is 7.11 Å². The van der Waals surface area contributed by atoms with Crippen LogP contribution >= 0.6 is 0 Å². The van der Waals surface area contributed by atoms with Gasteiger partial charge in [0.25, 0.3) is 0 Å². The van der Waals surface area contributed by atoms with Crippen LogP contribution in [-0.4, -0.2) is 25.8 Å². The predicted molar refractivity (Wildman–Crippen MR) is 67.5 cm³/mol. The maximum Gasteiger partial charge on any atom is 0.0706 e. The number of methoxy groups -OCH3 is 1. The lowest BCUT2D eigenvalue weighted by Gasteiger charge is -2.37. The summed E-state index contributed by atoms with van der Waals surface area (Å²) in [4.78, 5) is 0. The van der Waals surface area contributed by atoms with Crippen molar-refractivity contribution in [1.29, 1.82) is 0 Å².